The van der Waals surface area contributed by atoms with Crippen LogP contribution in [0.3, 0.4) is 0 Å². The first-order valence-electron chi connectivity index (χ1n) is 6.47. The van der Waals surface area contributed by atoms with Gasteiger partial charge in [0.25, 0.3) is 0 Å². The van der Waals surface area contributed by atoms with Crippen molar-refractivity contribution in [3.8, 4) is 5.75 Å². The molecule has 0 fully saturated rings. The number of methoxy groups -OCH3 is 1. The summed E-state index contributed by atoms with van der Waals surface area (Å²) in [7, 11) is 1.59. The summed E-state index contributed by atoms with van der Waals surface area (Å²) < 4.78 is 7.39. The van der Waals surface area contributed by atoms with Crippen LogP contribution in [-0.4, -0.2) is 12.9 Å². The van der Waals surface area contributed by atoms with Gasteiger partial charge in [-0.25, -0.2) is 0 Å². The fourth-order valence-electron chi connectivity index (χ4n) is 2.23. The highest BCUT2D eigenvalue weighted by Gasteiger charge is 2.18. The van der Waals surface area contributed by atoms with E-state index < -0.39 is 0 Å². The van der Waals surface area contributed by atoms with Gasteiger partial charge < -0.3 is 4.74 Å². The van der Waals surface area contributed by atoms with Crippen molar-refractivity contribution < 1.29 is 9.53 Å². The Kier molecular flexibility index (Phi) is 3.83. The minimum absolute atomic E-state index is 0.00579. The van der Waals surface area contributed by atoms with Gasteiger partial charge in [0.1, 0.15) is 5.75 Å². The summed E-state index contributed by atoms with van der Waals surface area (Å²) in [5.41, 5.74) is 1.63. The zero-order valence-corrected chi connectivity index (χ0v) is 14.0. The van der Waals surface area contributed by atoms with Gasteiger partial charge in [-0.05, 0) is 42.1 Å². The maximum atomic E-state index is 12.8. The average Bonchev–Trinajstić information content (AvgIpc) is 2.92. The first-order chi connectivity index (χ1) is 10.1. The molecule has 1 aromatic heterocycles. The van der Waals surface area contributed by atoms with Gasteiger partial charge in [-0.2, -0.15) is 0 Å². The molecule has 3 rings (SSSR count). The van der Waals surface area contributed by atoms with Crippen molar-refractivity contribution in [2.75, 3.05) is 7.11 Å². The molecule has 0 saturated heterocycles. The van der Waals surface area contributed by atoms with Gasteiger partial charge >= 0.3 is 0 Å². The van der Waals surface area contributed by atoms with E-state index >= 15 is 0 Å². The quantitative estimate of drug-likeness (QED) is 0.599. The Labute approximate surface area is 135 Å². The van der Waals surface area contributed by atoms with E-state index in [0.29, 0.717) is 11.3 Å². The average molecular weight is 361 g/mol. The number of carbonyl (C=O) groups excluding carboxylic acids is 1. The van der Waals surface area contributed by atoms with Gasteiger partial charge in [-0.3, -0.25) is 4.79 Å². The molecular weight excluding hydrogens is 348 g/mol. The smallest absolute Gasteiger partial charge is 0.206 e. The van der Waals surface area contributed by atoms with Crippen molar-refractivity contribution in [3.05, 3.63) is 62.9 Å². The van der Waals surface area contributed by atoms with Crippen LogP contribution in [0.2, 0.25) is 0 Å². The number of aryl methyl sites for hydroxylation is 1. The van der Waals surface area contributed by atoms with E-state index in [2.05, 4.69) is 15.9 Å². The largest absolute Gasteiger partial charge is 0.496 e. The zero-order chi connectivity index (χ0) is 15.0. The van der Waals surface area contributed by atoms with Gasteiger partial charge in [-0.15, -0.1) is 11.3 Å². The van der Waals surface area contributed by atoms with E-state index in [-0.39, 0.29) is 5.78 Å². The van der Waals surface area contributed by atoms with Gasteiger partial charge in [0.2, 0.25) is 5.78 Å². The molecule has 3 aromatic rings. The number of rotatable bonds is 3. The number of thiophene rings is 1. The number of ketones is 1. The number of ether oxygens (including phenoxy) is 1. The summed E-state index contributed by atoms with van der Waals surface area (Å²) in [5.74, 6) is 0.604. The number of fused-ring (bicyclic) bond motifs is 1. The molecule has 0 bridgehead atoms. The van der Waals surface area contributed by atoms with Crippen molar-refractivity contribution >= 4 is 43.1 Å². The molecule has 106 valence electrons. The van der Waals surface area contributed by atoms with Gasteiger partial charge in [-0.1, -0.05) is 34.1 Å². The summed E-state index contributed by atoms with van der Waals surface area (Å²) in [6.07, 6.45) is 0. The van der Waals surface area contributed by atoms with E-state index in [1.165, 1.54) is 11.3 Å². The second kappa shape index (κ2) is 5.62. The lowest BCUT2D eigenvalue weighted by Crippen LogP contribution is -2.02. The Hall–Kier alpha value is -1.65. The van der Waals surface area contributed by atoms with Crippen LogP contribution in [0.1, 0.15) is 20.8 Å². The van der Waals surface area contributed by atoms with Crippen LogP contribution in [0.5, 0.6) is 5.75 Å². The molecule has 2 nitrogen and oxygen atoms in total. The number of hydrogen-bond acceptors (Lipinski definition) is 3. The van der Waals surface area contributed by atoms with Crippen LogP contribution in [0.4, 0.5) is 0 Å². The molecule has 0 N–H and O–H groups in total. The van der Waals surface area contributed by atoms with Crippen LogP contribution in [0.25, 0.3) is 10.1 Å². The summed E-state index contributed by atoms with van der Waals surface area (Å²) >= 11 is 4.99. The molecule has 0 aliphatic rings. The summed E-state index contributed by atoms with van der Waals surface area (Å²) in [5, 5.41) is 1.09. The Balaban J connectivity index is 2.11. The van der Waals surface area contributed by atoms with Crippen molar-refractivity contribution in [2.45, 2.75) is 6.92 Å². The van der Waals surface area contributed by atoms with E-state index in [1.807, 2.05) is 49.4 Å². The van der Waals surface area contributed by atoms with Crippen molar-refractivity contribution in [2.24, 2.45) is 0 Å². The molecule has 4 heteroatoms. The second-order valence-electron chi connectivity index (χ2n) is 4.78. The Morgan fingerprint density at radius 2 is 1.95 bits per heavy atom. The van der Waals surface area contributed by atoms with Crippen LogP contribution >= 0.6 is 27.3 Å². The molecule has 0 unspecified atom stereocenters. The van der Waals surface area contributed by atoms with E-state index in [0.717, 1.165) is 25.0 Å². The molecule has 0 aliphatic carbocycles. The summed E-state index contributed by atoms with van der Waals surface area (Å²) in [6, 6.07) is 13.7. The molecule has 0 saturated carbocycles. The predicted octanol–water partition coefficient (Wildman–Crippen LogP) is 5.21. The first kappa shape index (κ1) is 14.3. The lowest BCUT2D eigenvalue weighted by molar-refractivity contribution is 0.103. The predicted molar refractivity (Wildman–Crippen MR) is 90.7 cm³/mol. The maximum absolute atomic E-state index is 12.8. The third-order valence-corrected chi connectivity index (χ3v) is 5.34. The number of benzene rings is 2. The number of carbonyl (C=O) groups is 1. The Bertz CT molecular complexity index is 803. The highest BCUT2D eigenvalue weighted by atomic mass is 79.9. The molecule has 21 heavy (non-hydrogen) atoms. The van der Waals surface area contributed by atoms with E-state index in [1.54, 1.807) is 7.11 Å². The minimum atomic E-state index is -0.00579. The standard InChI is InChI=1S/C17H13BrO2S/c1-10-7-14(20-2)12(9-13(10)18)17(19)16-8-11-5-3-4-6-15(11)21-16/h3-9H,1-2H3. The zero-order valence-electron chi connectivity index (χ0n) is 11.6. The van der Waals surface area contributed by atoms with Crippen LogP contribution in [-0.2, 0) is 0 Å². The fraction of sp³-hybridized carbons (Fsp3) is 0.118. The van der Waals surface area contributed by atoms with Crippen LogP contribution in [0.15, 0.2) is 46.9 Å². The van der Waals surface area contributed by atoms with Gasteiger partial charge in [0.05, 0.1) is 17.6 Å². The van der Waals surface area contributed by atoms with Gasteiger partial charge in [0.15, 0.2) is 0 Å². The SMILES string of the molecule is COc1cc(C)c(Br)cc1C(=O)c1cc2ccccc2s1. The molecule has 2 aromatic carbocycles. The normalized spacial score (nSPS) is 10.8. The van der Waals surface area contributed by atoms with Gasteiger partial charge in [0, 0.05) is 9.17 Å². The lowest BCUT2D eigenvalue weighted by atomic mass is 10.1. The molecule has 1 heterocycles. The molecule has 0 atom stereocenters. The molecule has 0 amide bonds. The lowest BCUT2D eigenvalue weighted by Gasteiger charge is -2.09. The summed E-state index contributed by atoms with van der Waals surface area (Å²) in [4.78, 5) is 13.5. The molecular formula is C17H13BrO2S. The first-order valence-corrected chi connectivity index (χ1v) is 8.08. The highest BCUT2D eigenvalue weighted by Crippen LogP contribution is 2.32. The third kappa shape index (κ3) is 2.61. The van der Waals surface area contributed by atoms with E-state index in [9.17, 15) is 4.79 Å². The Morgan fingerprint density at radius 3 is 2.67 bits per heavy atom. The third-order valence-electron chi connectivity index (χ3n) is 3.37. The van der Waals surface area contributed by atoms with Crippen LogP contribution < -0.4 is 4.74 Å². The maximum Gasteiger partial charge on any atom is 0.206 e. The van der Waals surface area contributed by atoms with Crippen LogP contribution in [0, 0.1) is 6.92 Å². The topological polar surface area (TPSA) is 26.3 Å². The Morgan fingerprint density at radius 1 is 1.19 bits per heavy atom. The van der Waals surface area contributed by atoms with Crippen molar-refractivity contribution in [1.29, 1.82) is 0 Å². The fourth-order valence-corrected chi connectivity index (χ4v) is 3.59. The number of hydrogen-bond donors (Lipinski definition) is 0. The van der Waals surface area contributed by atoms with Crippen molar-refractivity contribution in [1.82, 2.24) is 0 Å². The highest BCUT2D eigenvalue weighted by molar-refractivity contribution is 9.10. The molecule has 0 aliphatic heterocycles. The number of halogens is 1. The summed E-state index contributed by atoms with van der Waals surface area (Å²) in [6.45, 7) is 1.97. The van der Waals surface area contributed by atoms with E-state index in [4.69, 9.17) is 4.74 Å². The minimum Gasteiger partial charge on any atom is -0.496 e. The van der Waals surface area contributed by atoms with Crippen molar-refractivity contribution in [3.63, 3.8) is 0 Å². The molecule has 0 spiro atoms. The second-order valence-corrected chi connectivity index (χ2v) is 6.72. The monoisotopic (exact) mass is 360 g/mol. The molecule has 0 radical (unpaired) electrons.